The van der Waals surface area contributed by atoms with Gasteiger partial charge in [-0.1, -0.05) is 12.1 Å². The van der Waals surface area contributed by atoms with Gasteiger partial charge in [0.25, 0.3) is 11.8 Å². The van der Waals surface area contributed by atoms with Crippen molar-refractivity contribution in [3.8, 4) is 11.1 Å². The predicted octanol–water partition coefficient (Wildman–Crippen LogP) is 2.46. The number of benzene rings is 2. The zero-order chi connectivity index (χ0) is 26.2. The molecule has 10 nitrogen and oxygen atoms in total. The maximum absolute atomic E-state index is 12.4. The van der Waals surface area contributed by atoms with Crippen molar-refractivity contribution in [1.29, 1.82) is 0 Å². The van der Waals surface area contributed by atoms with E-state index < -0.39 is 11.7 Å². The smallest absolute Gasteiger partial charge is 0.254 e. The van der Waals surface area contributed by atoms with Crippen LogP contribution in [0.25, 0.3) is 16.8 Å². The molecule has 2 amide bonds. The van der Waals surface area contributed by atoms with Crippen molar-refractivity contribution in [2.45, 2.75) is 25.6 Å². The maximum atomic E-state index is 12.4. The van der Waals surface area contributed by atoms with Crippen molar-refractivity contribution in [3.63, 3.8) is 0 Å². The molecule has 37 heavy (non-hydrogen) atoms. The molecular formula is C27H28N6O4. The molecule has 3 heterocycles. The molecule has 1 aliphatic rings. The summed E-state index contributed by atoms with van der Waals surface area (Å²) < 4.78 is 1.68. The zero-order valence-electron chi connectivity index (χ0n) is 20.5. The van der Waals surface area contributed by atoms with Crippen molar-refractivity contribution in [3.05, 3.63) is 78.0 Å². The Morgan fingerprint density at radius 3 is 2.35 bits per heavy atom. The van der Waals surface area contributed by atoms with E-state index in [1.165, 1.54) is 0 Å². The summed E-state index contributed by atoms with van der Waals surface area (Å²) in [6.45, 7) is 4.16. The summed E-state index contributed by atoms with van der Waals surface area (Å²) in [5.74, 6) is 0.0455. The summed E-state index contributed by atoms with van der Waals surface area (Å²) in [7, 11) is 0. The van der Waals surface area contributed by atoms with Gasteiger partial charge in [-0.3, -0.25) is 9.59 Å². The molecule has 10 heteroatoms. The highest BCUT2D eigenvalue weighted by molar-refractivity contribution is 5.95. The molecule has 2 aromatic carbocycles. The molecule has 2 aromatic heterocycles. The van der Waals surface area contributed by atoms with Crippen LogP contribution in [0, 0.1) is 0 Å². The number of aliphatic hydroxyl groups excluding tert-OH is 1. The van der Waals surface area contributed by atoms with Gasteiger partial charge in [-0.2, -0.15) is 4.98 Å². The second-order valence-electron chi connectivity index (χ2n) is 9.76. The third kappa shape index (κ3) is 5.45. The first kappa shape index (κ1) is 24.4. The second-order valence-corrected chi connectivity index (χ2v) is 9.76. The van der Waals surface area contributed by atoms with Gasteiger partial charge in [0, 0.05) is 48.2 Å². The van der Waals surface area contributed by atoms with Gasteiger partial charge in [-0.25, -0.2) is 4.52 Å². The number of anilines is 2. The normalized spacial score (nSPS) is 13.9. The number of pyridine rings is 1. The lowest BCUT2D eigenvalue weighted by Gasteiger charge is -2.35. The van der Waals surface area contributed by atoms with Crippen LogP contribution in [0.4, 0.5) is 11.6 Å². The first-order valence-electron chi connectivity index (χ1n) is 12.0. The number of nitrogens with zero attached hydrogens (tertiary/aromatic N) is 4. The molecule has 5 rings (SSSR count). The number of carbonyl (C=O) groups is 2. The molecule has 0 atom stereocenters. The Kier molecular flexibility index (Phi) is 6.36. The lowest BCUT2D eigenvalue weighted by Crippen LogP contribution is -2.53. The number of aliphatic hydroxyl groups is 2. The fourth-order valence-corrected chi connectivity index (χ4v) is 4.01. The van der Waals surface area contributed by atoms with Gasteiger partial charge in [0.05, 0.1) is 11.7 Å². The van der Waals surface area contributed by atoms with E-state index in [2.05, 4.69) is 20.7 Å². The molecule has 1 fully saturated rings. The Hall–Kier alpha value is -4.28. The van der Waals surface area contributed by atoms with Crippen molar-refractivity contribution in [2.24, 2.45) is 0 Å². The number of amides is 2. The van der Waals surface area contributed by atoms with E-state index in [0.717, 1.165) is 16.8 Å². The van der Waals surface area contributed by atoms with Crippen LogP contribution in [0.2, 0.25) is 0 Å². The number of β-amino-alcohol motifs (C(OH)–C–C–N with tert-alkyl or cyclic N) is 1. The van der Waals surface area contributed by atoms with E-state index in [1.807, 2.05) is 24.3 Å². The summed E-state index contributed by atoms with van der Waals surface area (Å²) in [6, 6.07) is 18.0. The lowest BCUT2D eigenvalue weighted by atomic mass is 10.0. The van der Waals surface area contributed by atoms with Gasteiger partial charge in [0.2, 0.25) is 5.95 Å². The third-order valence-corrected chi connectivity index (χ3v) is 6.04. The minimum absolute atomic E-state index is 0.104. The molecule has 0 saturated carbocycles. The van der Waals surface area contributed by atoms with Crippen LogP contribution in [-0.4, -0.2) is 72.9 Å². The topological polar surface area (TPSA) is 132 Å². The second kappa shape index (κ2) is 9.64. The van der Waals surface area contributed by atoms with Gasteiger partial charge in [-0.05, 0) is 67.9 Å². The molecule has 1 saturated heterocycles. The third-order valence-electron chi connectivity index (χ3n) is 6.04. The fourth-order valence-electron chi connectivity index (χ4n) is 4.01. The molecule has 0 unspecified atom stereocenters. The molecule has 0 bridgehead atoms. The number of aromatic nitrogens is 3. The molecule has 0 radical (unpaired) electrons. The van der Waals surface area contributed by atoms with Crippen molar-refractivity contribution < 1.29 is 19.8 Å². The summed E-state index contributed by atoms with van der Waals surface area (Å²) in [5.41, 5.74) is 3.18. The Balaban J connectivity index is 1.30. The fraction of sp³-hybridized carbons (Fsp3) is 0.259. The molecule has 0 spiro atoms. The highest BCUT2D eigenvalue weighted by atomic mass is 16.3. The molecule has 4 N–H and O–H groups in total. The van der Waals surface area contributed by atoms with Crippen LogP contribution in [0.15, 0.2) is 66.9 Å². The Morgan fingerprint density at radius 1 is 1.03 bits per heavy atom. The molecular weight excluding hydrogens is 472 g/mol. The number of carbonyl (C=O) groups excluding carboxylic acids is 2. The van der Waals surface area contributed by atoms with Crippen molar-refractivity contribution in [1.82, 2.24) is 24.8 Å². The monoisotopic (exact) mass is 500 g/mol. The number of nitrogens with one attached hydrogen (secondary N) is 2. The summed E-state index contributed by atoms with van der Waals surface area (Å²) in [5, 5.41) is 29.6. The van der Waals surface area contributed by atoms with E-state index in [9.17, 15) is 19.8 Å². The van der Waals surface area contributed by atoms with E-state index in [0.29, 0.717) is 35.8 Å². The SMILES string of the molecule is CC(C)(O)CNC(=O)c1ccc(-c2cccn3nc(Nc4ccc(C(=O)N5CC(O)C5)cc4)nc23)cc1. The molecule has 1 aliphatic heterocycles. The highest BCUT2D eigenvalue weighted by Crippen LogP contribution is 2.26. The van der Waals surface area contributed by atoms with Crippen molar-refractivity contribution in [2.75, 3.05) is 25.0 Å². The van der Waals surface area contributed by atoms with Crippen LogP contribution in [0.1, 0.15) is 34.6 Å². The summed E-state index contributed by atoms with van der Waals surface area (Å²) >= 11 is 0. The van der Waals surface area contributed by atoms with Gasteiger partial charge in [0.1, 0.15) is 0 Å². The number of rotatable bonds is 7. The van der Waals surface area contributed by atoms with Crippen LogP contribution >= 0.6 is 0 Å². The Bertz CT molecular complexity index is 1430. The van der Waals surface area contributed by atoms with Gasteiger partial charge < -0.3 is 25.7 Å². The lowest BCUT2D eigenvalue weighted by molar-refractivity contribution is 0.00590. The zero-order valence-corrected chi connectivity index (χ0v) is 20.5. The quantitative estimate of drug-likeness (QED) is 0.306. The Labute approximate surface area is 213 Å². The first-order chi connectivity index (χ1) is 17.7. The minimum Gasteiger partial charge on any atom is -0.389 e. The van der Waals surface area contributed by atoms with Gasteiger partial charge in [-0.15, -0.1) is 5.10 Å². The van der Waals surface area contributed by atoms with Gasteiger partial charge in [0.15, 0.2) is 5.65 Å². The molecule has 190 valence electrons. The number of fused-ring (bicyclic) bond motifs is 1. The van der Waals surface area contributed by atoms with Gasteiger partial charge >= 0.3 is 0 Å². The molecule has 4 aromatic rings. The van der Waals surface area contributed by atoms with Crippen LogP contribution in [0.5, 0.6) is 0 Å². The van der Waals surface area contributed by atoms with E-state index in [4.69, 9.17) is 0 Å². The van der Waals surface area contributed by atoms with E-state index >= 15 is 0 Å². The average molecular weight is 501 g/mol. The number of likely N-dealkylation sites (tertiary alicyclic amines) is 1. The molecule has 0 aliphatic carbocycles. The average Bonchev–Trinajstić information content (AvgIpc) is 3.27. The van der Waals surface area contributed by atoms with Crippen LogP contribution < -0.4 is 10.6 Å². The first-order valence-corrected chi connectivity index (χ1v) is 12.0. The number of hydrogen-bond donors (Lipinski definition) is 4. The number of hydrogen-bond acceptors (Lipinski definition) is 7. The van der Waals surface area contributed by atoms with E-state index in [-0.39, 0.29) is 18.4 Å². The predicted molar refractivity (Wildman–Crippen MR) is 139 cm³/mol. The minimum atomic E-state index is -0.983. The summed E-state index contributed by atoms with van der Waals surface area (Å²) in [6.07, 6.45) is 1.37. The Morgan fingerprint density at radius 2 is 1.70 bits per heavy atom. The largest absolute Gasteiger partial charge is 0.389 e. The highest BCUT2D eigenvalue weighted by Gasteiger charge is 2.29. The summed E-state index contributed by atoms with van der Waals surface area (Å²) in [4.78, 5) is 31.0. The van der Waals surface area contributed by atoms with Crippen LogP contribution in [-0.2, 0) is 0 Å². The van der Waals surface area contributed by atoms with Crippen LogP contribution in [0.3, 0.4) is 0 Å². The maximum Gasteiger partial charge on any atom is 0.254 e. The standard InChI is InChI=1S/C27H28N6O4/c1-27(2,37)16-28-24(35)18-7-5-17(6-8-18)22-4-3-13-33-23(22)30-26(31-33)29-20-11-9-19(10-12-20)25(36)32-14-21(34)15-32/h3-13,21,34,37H,14-16H2,1-2H3,(H,28,35)(H,29,31). The van der Waals surface area contributed by atoms with E-state index in [1.54, 1.807) is 65.9 Å². The van der Waals surface area contributed by atoms with Crippen molar-refractivity contribution >= 4 is 29.1 Å².